The van der Waals surface area contributed by atoms with E-state index >= 15 is 0 Å². The number of nitrogens with zero attached hydrogens (tertiary/aromatic N) is 2. The van der Waals surface area contributed by atoms with Gasteiger partial charge in [-0.25, -0.2) is 4.79 Å². The van der Waals surface area contributed by atoms with E-state index in [-0.39, 0.29) is 0 Å². The number of piperazine rings is 1. The van der Waals surface area contributed by atoms with Gasteiger partial charge in [0.2, 0.25) is 0 Å². The van der Waals surface area contributed by atoms with E-state index in [1.54, 1.807) is 6.08 Å². The topological polar surface area (TPSA) is 43.8 Å². The Balaban J connectivity index is 1.68. The highest BCUT2D eigenvalue weighted by atomic mass is 16.4. The van der Waals surface area contributed by atoms with Crippen LogP contribution in [0.25, 0.3) is 0 Å². The van der Waals surface area contributed by atoms with Crippen molar-refractivity contribution in [2.24, 2.45) is 0 Å². The van der Waals surface area contributed by atoms with E-state index in [1.807, 2.05) is 0 Å². The van der Waals surface area contributed by atoms with E-state index in [9.17, 15) is 4.79 Å². The standard InChI is InChI=1S/C13H22N2O2/c16-13(17)6-3-7-14-8-10-15(11-9-14)12-4-1-2-5-12/h3,6,12H,1-2,4-5,7-11H2,(H,16,17)/b6-3+. The summed E-state index contributed by atoms with van der Waals surface area (Å²) in [6.45, 7) is 5.20. The van der Waals surface area contributed by atoms with Gasteiger partial charge in [-0.2, -0.15) is 0 Å². The fourth-order valence-electron chi connectivity index (χ4n) is 2.88. The van der Waals surface area contributed by atoms with Crippen LogP contribution in [0.15, 0.2) is 12.2 Å². The molecule has 0 aromatic rings. The Hall–Kier alpha value is -0.870. The lowest BCUT2D eigenvalue weighted by Crippen LogP contribution is -2.49. The van der Waals surface area contributed by atoms with Gasteiger partial charge in [0.1, 0.15) is 0 Å². The Bertz CT molecular complexity index is 277. The number of hydrogen-bond acceptors (Lipinski definition) is 3. The molecule has 1 saturated heterocycles. The molecule has 0 amide bonds. The first kappa shape index (κ1) is 12.6. The maximum Gasteiger partial charge on any atom is 0.328 e. The van der Waals surface area contributed by atoms with Crippen LogP contribution >= 0.6 is 0 Å². The van der Waals surface area contributed by atoms with Crippen molar-refractivity contribution in [1.29, 1.82) is 0 Å². The third-order valence-electron chi connectivity index (χ3n) is 3.87. The molecular formula is C13H22N2O2. The molecule has 1 heterocycles. The van der Waals surface area contributed by atoms with Crippen molar-refractivity contribution in [3.05, 3.63) is 12.2 Å². The molecule has 0 spiro atoms. The van der Waals surface area contributed by atoms with Gasteiger partial charge in [-0.1, -0.05) is 18.9 Å². The Morgan fingerprint density at radius 1 is 1.18 bits per heavy atom. The van der Waals surface area contributed by atoms with Crippen LogP contribution < -0.4 is 0 Å². The van der Waals surface area contributed by atoms with Gasteiger partial charge < -0.3 is 5.11 Å². The molecule has 2 aliphatic rings. The van der Waals surface area contributed by atoms with Crippen LogP contribution in [0.5, 0.6) is 0 Å². The fraction of sp³-hybridized carbons (Fsp3) is 0.769. The Morgan fingerprint density at radius 2 is 1.82 bits per heavy atom. The summed E-state index contributed by atoms with van der Waals surface area (Å²) in [5.74, 6) is -0.852. The number of carboxylic acids is 1. The van der Waals surface area contributed by atoms with E-state index in [0.29, 0.717) is 0 Å². The molecule has 0 radical (unpaired) electrons. The number of hydrogen-bond donors (Lipinski definition) is 1. The summed E-state index contributed by atoms with van der Waals surface area (Å²) in [4.78, 5) is 15.3. The summed E-state index contributed by atoms with van der Waals surface area (Å²) in [6, 6.07) is 0.826. The van der Waals surface area contributed by atoms with Gasteiger partial charge in [-0.05, 0) is 12.8 Å². The molecule has 0 bridgehead atoms. The molecule has 2 rings (SSSR count). The van der Waals surface area contributed by atoms with E-state index in [4.69, 9.17) is 5.11 Å². The molecule has 96 valence electrons. The first-order valence-corrected chi connectivity index (χ1v) is 6.61. The number of aliphatic carboxylic acids is 1. The highest BCUT2D eigenvalue weighted by molar-refractivity contribution is 5.79. The lowest BCUT2D eigenvalue weighted by atomic mass is 10.2. The third-order valence-corrected chi connectivity index (χ3v) is 3.87. The van der Waals surface area contributed by atoms with Gasteiger partial charge in [-0.3, -0.25) is 9.80 Å². The summed E-state index contributed by atoms with van der Waals surface area (Å²) in [7, 11) is 0. The maximum atomic E-state index is 10.4. The van der Waals surface area contributed by atoms with Crippen LogP contribution in [0.1, 0.15) is 25.7 Å². The van der Waals surface area contributed by atoms with E-state index < -0.39 is 5.97 Å². The normalized spacial score (nSPS) is 24.7. The Morgan fingerprint density at radius 3 is 2.41 bits per heavy atom. The largest absolute Gasteiger partial charge is 0.478 e. The van der Waals surface area contributed by atoms with Crippen LogP contribution in [-0.4, -0.2) is 59.6 Å². The van der Waals surface area contributed by atoms with Gasteiger partial charge in [-0.15, -0.1) is 0 Å². The zero-order chi connectivity index (χ0) is 12.1. The molecule has 1 N–H and O–H groups in total. The lowest BCUT2D eigenvalue weighted by molar-refractivity contribution is -0.131. The molecule has 0 unspecified atom stereocenters. The summed E-state index contributed by atoms with van der Waals surface area (Å²) in [6.07, 6.45) is 8.52. The monoisotopic (exact) mass is 238 g/mol. The van der Waals surface area contributed by atoms with Crippen LogP contribution in [-0.2, 0) is 4.79 Å². The van der Waals surface area contributed by atoms with Gasteiger partial charge in [0.25, 0.3) is 0 Å². The SMILES string of the molecule is O=C(O)/C=C/CN1CCN(C2CCCC2)CC1. The molecular weight excluding hydrogens is 216 g/mol. The third kappa shape index (κ3) is 3.82. The van der Waals surface area contributed by atoms with Crippen LogP contribution in [0.4, 0.5) is 0 Å². The highest BCUT2D eigenvalue weighted by Gasteiger charge is 2.25. The second-order valence-corrected chi connectivity index (χ2v) is 5.02. The minimum absolute atomic E-state index is 0.769. The van der Waals surface area contributed by atoms with Gasteiger partial charge in [0, 0.05) is 44.8 Å². The predicted molar refractivity (Wildman–Crippen MR) is 67.0 cm³/mol. The first-order valence-electron chi connectivity index (χ1n) is 6.61. The van der Waals surface area contributed by atoms with E-state index in [2.05, 4.69) is 9.80 Å². The molecule has 1 saturated carbocycles. The molecule has 2 fully saturated rings. The van der Waals surface area contributed by atoms with Gasteiger partial charge >= 0.3 is 5.97 Å². The Kier molecular flexibility index (Phi) is 4.57. The quantitative estimate of drug-likeness (QED) is 0.747. The number of carboxylic acid groups (broad SMARTS) is 1. The minimum atomic E-state index is -0.852. The summed E-state index contributed by atoms with van der Waals surface area (Å²) in [5.41, 5.74) is 0. The van der Waals surface area contributed by atoms with E-state index in [0.717, 1.165) is 38.8 Å². The molecule has 4 nitrogen and oxygen atoms in total. The highest BCUT2D eigenvalue weighted by Crippen LogP contribution is 2.24. The average molecular weight is 238 g/mol. The molecule has 1 aliphatic carbocycles. The number of carbonyl (C=O) groups is 1. The van der Waals surface area contributed by atoms with Gasteiger partial charge in [0.05, 0.1) is 0 Å². The molecule has 0 atom stereocenters. The van der Waals surface area contributed by atoms with Crippen molar-refractivity contribution in [3.63, 3.8) is 0 Å². The lowest BCUT2D eigenvalue weighted by Gasteiger charge is -2.37. The van der Waals surface area contributed by atoms with Crippen LogP contribution in [0, 0.1) is 0 Å². The molecule has 17 heavy (non-hydrogen) atoms. The van der Waals surface area contributed by atoms with Crippen LogP contribution in [0.2, 0.25) is 0 Å². The summed E-state index contributed by atoms with van der Waals surface area (Å²) < 4.78 is 0. The zero-order valence-corrected chi connectivity index (χ0v) is 10.3. The van der Waals surface area contributed by atoms with E-state index in [1.165, 1.54) is 31.8 Å². The zero-order valence-electron chi connectivity index (χ0n) is 10.3. The van der Waals surface area contributed by atoms with Crippen molar-refractivity contribution in [2.75, 3.05) is 32.7 Å². The van der Waals surface area contributed by atoms with Crippen molar-refractivity contribution in [3.8, 4) is 0 Å². The van der Waals surface area contributed by atoms with Crippen molar-refractivity contribution >= 4 is 5.97 Å². The first-order chi connectivity index (χ1) is 8.25. The average Bonchev–Trinajstić information content (AvgIpc) is 2.83. The van der Waals surface area contributed by atoms with Crippen molar-refractivity contribution in [1.82, 2.24) is 9.80 Å². The second-order valence-electron chi connectivity index (χ2n) is 5.02. The fourth-order valence-corrected chi connectivity index (χ4v) is 2.88. The van der Waals surface area contributed by atoms with Gasteiger partial charge in [0.15, 0.2) is 0 Å². The number of rotatable bonds is 4. The second kappa shape index (κ2) is 6.17. The smallest absolute Gasteiger partial charge is 0.328 e. The van der Waals surface area contributed by atoms with Crippen molar-refractivity contribution in [2.45, 2.75) is 31.7 Å². The molecule has 1 aliphatic heterocycles. The Labute approximate surface area is 103 Å². The summed E-state index contributed by atoms with van der Waals surface area (Å²) >= 11 is 0. The molecule has 0 aromatic carbocycles. The van der Waals surface area contributed by atoms with Crippen molar-refractivity contribution < 1.29 is 9.90 Å². The maximum absolute atomic E-state index is 10.4. The summed E-state index contributed by atoms with van der Waals surface area (Å²) in [5, 5.41) is 8.52. The molecule has 0 aromatic heterocycles. The minimum Gasteiger partial charge on any atom is -0.478 e. The molecule has 4 heteroatoms. The predicted octanol–water partition coefficient (Wildman–Crippen LogP) is 1.19. The van der Waals surface area contributed by atoms with Crippen LogP contribution in [0.3, 0.4) is 0 Å².